The van der Waals surface area contributed by atoms with Gasteiger partial charge in [0.1, 0.15) is 5.75 Å². The Kier molecular flexibility index (Phi) is 3.43. The molecule has 25 heavy (non-hydrogen) atoms. The Bertz CT molecular complexity index is 1140. The number of carbonyl (C=O) groups excluding carboxylic acids is 1. The number of pyridine rings is 1. The molecule has 0 saturated carbocycles. The van der Waals surface area contributed by atoms with E-state index in [4.69, 9.17) is 5.73 Å². The van der Waals surface area contributed by atoms with E-state index in [1.807, 2.05) is 30.3 Å². The van der Waals surface area contributed by atoms with E-state index < -0.39 is 5.91 Å². The van der Waals surface area contributed by atoms with Gasteiger partial charge < -0.3 is 15.8 Å². The van der Waals surface area contributed by atoms with E-state index in [2.05, 4.69) is 15.0 Å². The molecule has 2 heterocycles. The van der Waals surface area contributed by atoms with Crippen molar-refractivity contribution in [3.05, 3.63) is 66.0 Å². The van der Waals surface area contributed by atoms with Crippen molar-refractivity contribution in [3.8, 4) is 5.75 Å². The molecule has 0 bridgehead atoms. The molecule has 0 unspecified atom stereocenters. The van der Waals surface area contributed by atoms with Crippen LogP contribution in [0, 0.1) is 0 Å². The maximum Gasteiger partial charge on any atom is 0.269 e. The van der Waals surface area contributed by atoms with Gasteiger partial charge >= 0.3 is 0 Å². The number of nitrogens with one attached hydrogen (secondary N) is 1. The smallest absolute Gasteiger partial charge is 0.269 e. The van der Waals surface area contributed by atoms with E-state index in [9.17, 15) is 9.90 Å². The van der Waals surface area contributed by atoms with Gasteiger partial charge in [0, 0.05) is 34.3 Å². The van der Waals surface area contributed by atoms with Crippen molar-refractivity contribution in [1.82, 2.24) is 9.97 Å². The lowest BCUT2D eigenvalue weighted by Crippen LogP contribution is -2.13. The van der Waals surface area contributed by atoms with E-state index in [1.54, 1.807) is 30.6 Å². The molecule has 0 aliphatic rings. The predicted molar refractivity (Wildman–Crippen MR) is 97.5 cm³/mol. The molecule has 0 aliphatic heterocycles. The van der Waals surface area contributed by atoms with Crippen molar-refractivity contribution in [2.75, 3.05) is 0 Å². The number of rotatable bonds is 3. The molecule has 0 spiro atoms. The van der Waals surface area contributed by atoms with Gasteiger partial charge in [0.25, 0.3) is 5.91 Å². The average molecular weight is 330 g/mol. The van der Waals surface area contributed by atoms with Gasteiger partial charge in [-0.25, -0.2) is 4.98 Å². The molecule has 4 rings (SSSR count). The Morgan fingerprint density at radius 3 is 2.80 bits per heavy atom. The summed E-state index contributed by atoms with van der Waals surface area (Å²) < 4.78 is 0. The second kappa shape index (κ2) is 5.76. The molecule has 2 aromatic heterocycles. The largest absolute Gasteiger partial charge is 0.507 e. The molecule has 2 aromatic carbocycles. The minimum absolute atomic E-state index is 0.177. The van der Waals surface area contributed by atoms with Crippen LogP contribution in [0.5, 0.6) is 5.75 Å². The van der Waals surface area contributed by atoms with Crippen LogP contribution in [0.15, 0.2) is 59.7 Å². The molecular weight excluding hydrogens is 316 g/mol. The fourth-order valence-electron chi connectivity index (χ4n) is 2.82. The number of carbonyl (C=O) groups is 1. The van der Waals surface area contributed by atoms with Crippen LogP contribution in [0.25, 0.3) is 21.8 Å². The van der Waals surface area contributed by atoms with Crippen molar-refractivity contribution in [2.45, 2.75) is 0 Å². The number of aromatic nitrogens is 2. The molecule has 4 N–H and O–H groups in total. The number of nitrogens with zero attached hydrogens (tertiary/aromatic N) is 2. The number of hydrogen-bond acceptors (Lipinski definition) is 4. The van der Waals surface area contributed by atoms with Gasteiger partial charge in [-0.05, 0) is 36.4 Å². The normalized spacial score (nSPS) is 11.5. The third-order valence-electron chi connectivity index (χ3n) is 4.03. The molecule has 6 nitrogen and oxygen atoms in total. The molecule has 1 amide bonds. The first-order chi connectivity index (χ1) is 12.1. The summed E-state index contributed by atoms with van der Waals surface area (Å²) in [6, 6.07) is 14.5. The lowest BCUT2D eigenvalue weighted by molar-refractivity contribution is 0.0997. The quantitative estimate of drug-likeness (QED) is 0.502. The second-order valence-electron chi connectivity index (χ2n) is 5.62. The topological polar surface area (TPSA) is 104 Å². The minimum Gasteiger partial charge on any atom is -0.507 e. The Hall–Kier alpha value is -3.67. The number of amides is 1. The van der Waals surface area contributed by atoms with Crippen LogP contribution in [0.3, 0.4) is 0 Å². The average Bonchev–Trinajstić information content (AvgIpc) is 2.99. The standard InChI is InChI=1S/C19H14N4O2/c20-19(25)18-17-13(7-8-21-18)14-9-12(5-6-15(14)23-17)22-10-11-3-1-2-4-16(11)24/h1-10,23-24H,(H2,20,25). The highest BCUT2D eigenvalue weighted by Crippen LogP contribution is 2.30. The van der Waals surface area contributed by atoms with Crippen LogP contribution >= 0.6 is 0 Å². The summed E-state index contributed by atoms with van der Waals surface area (Å²) in [6.07, 6.45) is 3.18. The summed E-state index contributed by atoms with van der Waals surface area (Å²) >= 11 is 0. The lowest BCUT2D eigenvalue weighted by atomic mass is 10.1. The number of primary amides is 1. The number of phenols is 1. The lowest BCUT2D eigenvalue weighted by Gasteiger charge is -1.98. The summed E-state index contributed by atoms with van der Waals surface area (Å²) in [6.45, 7) is 0. The van der Waals surface area contributed by atoms with E-state index in [0.29, 0.717) is 11.1 Å². The fraction of sp³-hybridized carbons (Fsp3) is 0. The van der Waals surface area contributed by atoms with Crippen LogP contribution in [0.1, 0.15) is 16.1 Å². The van der Waals surface area contributed by atoms with Gasteiger partial charge in [0.15, 0.2) is 5.69 Å². The molecule has 4 aromatic rings. The zero-order valence-electron chi connectivity index (χ0n) is 13.1. The number of hydrogen-bond donors (Lipinski definition) is 3. The van der Waals surface area contributed by atoms with Crippen molar-refractivity contribution in [3.63, 3.8) is 0 Å². The number of H-pyrrole nitrogens is 1. The highest BCUT2D eigenvalue weighted by molar-refractivity contribution is 6.14. The summed E-state index contributed by atoms with van der Waals surface area (Å²) in [4.78, 5) is 23.2. The first-order valence-corrected chi connectivity index (χ1v) is 7.66. The predicted octanol–water partition coefficient (Wildman–Crippen LogP) is 3.27. The fourth-order valence-corrected chi connectivity index (χ4v) is 2.82. The number of aromatic hydroxyl groups is 1. The van der Waals surface area contributed by atoms with E-state index in [-0.39, 0.29) is 11.4 Å². The Morgan fingerprint density at radius 2 is 2.00 bits per heavy atom. The number of para-hydroxylation sites is 1. The van der Waals surface area contributed by atoms with Gasteiger partial charge in [-0.15, -0.1) is 0 Å². The van der Waals surface area contributed by atoms with E-state index in [1.165, 1.54) is 0 Å². The first kappa shape index (κ1) is 14.9. The molecule has 122 valence electrons. The highest BCUT2D eigenvalue weighted by atomic mass is 16.3. The van der Waals surface area contributed by atoms with Crippen molar-refractivity contribution >= 4 is 39.6 Å². The van der Waals surface area contributed by atoms with E-state index >= 15 is 0 Å². The summed E-state index contributed by atoms with van der Waals surface area (Å²) in [5, 5.41) is 11.6. The third kappa shape index (κ3) is 2.59. The van der Waals surface area contributed by atoms with Crippen LogP contribution in [-0.2, 0) is 0 Å². The first-order valence-electron chi connectivity index (χ1n) is 7.66. The van der Waals surface area contributed by atoms with Crippen LogP contribution in [0.4, 0.5) is 5.69 Å². The van der Waals surface area contributed by atoms with Crippen LogP contribution in [0.2, 0.25) is 0 Å². The van der Waals surface area contributed by atoms with Crippen molar-refractivity contribution < 1.29 is 9.90 Å². The molecule has 0 fully saturated rings. The van der Waals surface area contributed by atoms with Crippen molar-refractivity contribution in [1.29, 1.82) is 0 Å². The van der Waals surface area contributed by atoms with Gasteiger partial charge in [-0.3, -0.25) is 9.79 Å². The number of aliphatic imine (C=N–C) groups is 1. The minimum atomic E-state index is -0.574. The van der Waals surface area contributed by atoms with Gasteiger partial charge in [-0.1, -0.05) is 12.1 Å². The number of aromatic amines is 1. The van der Waals surface area contributed by atoms with Gasteiger partial charge in [0.05, 0.1) is 11.2 Å². The van der Waals surface area contributed by atoms with Crippen LogP contribution < -0.4 is 5.73 Å². The second-order valence-corrected chi connectivity index (χ2v) is 5.62. The monoisotopic (exact) mass is 330 g/mol. The summed E-state index contributed by atoms with van der Waals surface area (Å²) in [5.41, 5.74) is 8.46. The highest BCUT2D eigenvalue weighted by Gasteiger charge is 2.12. The van der Waals surface area contributed by atoms with Crippen molar-refractivity contribution in [2.24, 2.45) is 10.7 Å². The zero-order chi connectivity index (χ0) is 17.4. The summed E-state index contributed by atoms with van der Waals surface area (Å²) in [7, 11) is 0. The number of phenolic OH excluding ortho intramolecular Hbond substituents is 1. The number of nitrogens with two attached hydrogens (primary N) is 1. The maximum absolute atomic E-state index is 11.5. The molecule has 0 saturated heterocycles. The molecule has 0 atom stereocenters. The third-order valence-corrected chi connectivity index (χ3v) is 4.03. The Morgan fingerprint density at radius 1 is 1.16 bits per heavy atom. The maximum atomic E-state index is 11.5. The Balaban J connectivity index is 1.83. The van der Waals surface area contributed by atoms with Gasteiger partial charge in [0.2, 0.25) is 0 Å². The molecular formula is C19H14N4O2. The summed E-state index contributed by atoms with van der Waals surface area (Å²) in [5.74, 6) is -0.397. The molecule has 0 aliphatic carbocycles. The van der Waals surface area contributed by atoms with E-state index in [0.717, 1.165) is 22.0 Å². The zero-order valence-corrected chi connectivity index (χ0v) is 13.1. The van der Waals surface area contributed by atoms with Gasteiger partial charge in [-0.2, -0.15) is 0 Å². The number of benzene rings is 2. The number of fused-ring (bicyclic) bond motifs is 3. The Labute approximate surface area is 142 Å². The molecule has 6 heteroatoms. The van der Waals surface area contributed by atoms with Crippen LogP contribution in [-0.4, -0.2) is 27.2 Å². The molecule has 0 radical (unpaired) electrons. The SMILES string of the molecule is NC(=O)c1nccc2c1[nH]c1ccc(N=Cc3ccccc3O)cc12.